The number of nitrogens with one attached hydrogen (secondary N) is 1. The average Bonchev–Trinajstić information content (AvgIpc) is 3.01. The molecule has 0 radical (unpaired) electrons. The van der Waals surface area contributed by atoms with E-state index in [1.54, 1.807) is 13.8 Å². The number of nitrogens with zero attached hydrogens (tertiary/aromatic N) is 1. The van der Waals surface area contributed by atoms with E-state index in [1.807, 2.05) is 37.3 Å². The summed E-state index contributed by atoms with van der Waals surface area (Å²) >= 11 is 4.74. The molecule has 0 fully saturated rings. The summed E-state index contributed by atoms with van der Waals surface area (Å²) in [5, 5.41) is 3.76. The van der Waals surface area contributed by atoms with Crippen LogP contribution in [0.5, 0.6) is 0 Å². The number of aryl methyl sites for hydroxylation is 3. The summed E-state index contributed by atoms with van der Waals surface area (Å²) in [6.45, 7) is 5.45. The summed E-state index contributed by atoms with van der Waals surface area (Å²) in [7, 11) is -3.81. The molecule has 0 amide bonds. The molecule has 0 aliphatic rings. The Morgan fingerprint density at radius 3 is 2.38 bits per heavy atom. The molecule has 0 aliphatic carbocycles. The molecule has 8 heteroatoms. The maximum Gasteiger partial charge on any atom is 0.266 e. The monoisotopic (exact) mass is 426 g/mol. The standard InChI is InChI=1S/C16H15BrN2O3S2/c1-9-14(17)16(22-18-9)19-24(20,21)15-11(3)23-10(2)13(15)12-7-5-4-6-8-12/h4-8,19H,1-3H3. The zero-order chi connectivity index (χ0) is 17.5. The summed E-state index contributed by atoms with van der Waals surface area (Å²) < 4.78 is 34.0. The third-order valence-corrected chi connectivity index (χ3v) is 7.14. The van der Waals surface area contributed by atoms with Crippen molar-refractivity contribution in [2.24, 2.45) is 0 Å². The summed E-state index contributed by atoms with van der Waals surface area (Å²) in [6.07, 6.45) is 0. The van der Waals surface area contributed by atoms with Crippen molar-refractivity contribution in [2.45, 2.75) is 25.7 Å². The van der Waals surface area contributed by atoms with Crippen LogP contribution in [0.25, 0.3) is 11.1 Å². The Kier molecular flexibility index (Phi) is 4.54. The average molecular weight is 427 g/mol. The lowest BCUT2D eigenvalue weighted by atomic mass is 10.1. The molecule has 2 heterocycles. The zero-order valence-corrected chi connectivity index (χ0v) is 16.5. The predicted molar refractivity (Wildman–Crippen MR) is 99.0 cm³/mol. The van der Waals surface area contributed by atoms with E-state index in [0.717, 1.165) is 20.9 Å². The van der Waals surface area contributed by atoms with Crippen LogP contribution in [0.2, 0.25) is 0 Å². The molecule has 0 saturated heterocycles. The van der Waals surface area contributed by atoms with Gasteiger partial charge in [0.15, 0.2) is 0 Å². The first-order chi connectivity index (χ1) is 11.3. The molecule has 3 rings (SSSR count). The molecule has 0 unspecified atom stereocenters. The molecule has 2 aromatic heterocycles. The van der Waals surface area contributed by atoms with Gasteiger partial charge in [0.25, 0.3) is 15.9 Å². The van der Waals surface area contributed by atoms with E-state index in [9.17, 15) is 8.42 Å². The van der Waals surface area contributed by atoms with Crippen molar-refractivity contribution in [2.75, 3.05) is 4.72 Å². The van der Waals surface area contributed by atoms with E-state index in [0.29, 0.717) is 10.2 Å². The van der Waals surface area contributed by atoms with Crippen molar-refractivity contribution in [3.05, 3.63) is 50.3 Å². The van der Waals surface area contributed by atoms with Gasteiger partial charge < -0.3 is 4.52 Å². The van der Waals surface area contributed by atoms with Crippen LogP contribution in [-0.2, 0) is 10.0 Å². The molecule has 24 heavy (non-hydrogen) atoms. The van der Waals surface area contributed by atoms with E-state index in [-0.39, 0.29) is 10.8 Å². The third kappa shape index (κ3) is 3.01. The van der Waals surface area contributed by atoms with E-state index >= 15 is 0 Å². The molecule has 0 saturated carbocycles. The van der Waals surface area contributed by atoms with Crippen LogP contribution in [0.15, 0.2) is 44.2 Å². The van der Waals surface area contributed by atoms with Gasteiger partial charge in [-0.1, -0.05) is 35.5 Å². The van der Waals surface area contributed by atoms with Crippen LogP contribution < -0.4 is 4.72 Å². The number of thiophene rings is 1. The Bertz CT molecular complexity index is 992. The minimum atomic E-state index is -3.81. The quantitative estimate of drug-likeness (QED) is 0.644. The fourth-order valence-corrected chi connectivity index (χ4v) is 5.79. The number of hydrogen-bond acceptors (Lipinski definition) is 5. The highest BCUT2D eigenvalue weighted by Gasteiger charge is 2.28. The highest BCUT2D eigenvalue weighted by atomic mass is 79.9. The fourth-order valence-electron chi connectivity index (χ4n) is 2.52. The normalized spacial score (nSPS) is 11.7. The lowest BCUT2D eigenvalue weighted by Crippen LogP contribution is -2.14. The first-order valence-electron chi connectivity index (χ1n) is 7.11. The second kappa shape index (κ2) is 6.34. The fraction of sp³-hybridized carbons (Fsp3) is 0.188. The van der Waals surface area contributed by atoms with Crippen LogP contribution in [0.3, 0.4) is 0 Å². The van der Waals surface area contributed by atoms with Crippen molar-refractivity contribution in [1.82, 2.24) is 5.16 Å². The summed E-state index contributed by atoms with van der Waals surface area (Å²) in [5.41, 5.74) is 2.17. The number of anilines is 1. The minimum Gasteiger partial charge on any atom is -0.336 e. The number of halogens is 1. The Hall–Kier alpha value is -1.64. The van der Waals surface area contributed by atoms with Gasteiger partial charge in [-0.05, 0) is 42.3 Å². The summed E-state index contributed by atoms with van der Waals surface area (Å²) in [4.78, 5) is 1.95. The number of rotatable bonds is 4. The Morgan fingerprint density at radius 1 is 1.12 bits per heavy atom. The molecule has 3 aromatic rings. The van der Waals surface area contributed by atoms with Gasteiger partial charge in [-0.25, -0.2) is 13.1 Å². The van der Waals surface area contributed by atoms with Gasteiger partial charge in [0.05, 0.1) is 5.69 Å². The van der Waals surface area contributed by atoms with Crippen LogP contribution in [0.4, 0.5) is 5.88 Å². The third-order valence-electron chi connectivity index (χ3n) is 3.55. The Morgan fingerprint density at radius 2 is 1.79 bits per heavy atom. The van der Waals surface area contributed by atoms with Gasteiger partial charge in [0.1, 0.15) is 9.37 Å². The number of sulfonamides is 1. The maximum absolute atomic E-state index is 13.0. The second-order valence-corrected chi connectivity index (χ2v) is 9.14. The summed E-state index contributed by atoms with van der Waals surface area (Å²) in [5.74, 6) is 0.0785. The highest BCUT2D eigenvalue weighted by molar-refractivity contribution is 9.10. The van der Waals surface area contributed by atoms with Gasteiger partial charge in [0, 0.05) is 15.3 Å². The lowest BCUT2D eigenvalue weighted by Gasteiger charge is -2.09. The van der Waals surface area contributed by atoms with Crippen LogP contribution >= 0.6 is 27.3 Å². The van der Waals surface area contributed by atoms with Crippen molar-refractivity contribution in [3.8, 4) is 11.1 Å². The molecule has 1 aromatic carbocycles. The largest absolute Gasteiger partial charge is 0.336 e. The van der Waals surface area contributed by atoms with Gasteiger partial charge >= 0.3 is 0 Å². The molecule has 0 spiro atoms. The number of hydrogen-bond donors (Lipinski definition) is 1. The number of benzene rings is 1. The van der Waals surface area contributed by atoms with E-state index in [2.05, 4.69) is 25.8 Å². The minimum absolute atomic E-state index is 0.0785. The topological polar surface area (TPSA) is 72.2 Å². The van der Waals surface area contributed by atoms with E-state index in [1.165, 1.54) is 11.3 Å². The summed E-state index contributed by atoms with van der Waals surface area (Å²) in [6, 6.07) is 9.49. The molecule has 126 valence electrons. The van der Waals surface area contributed by atoms with Crippen molar-refractivity contribution in [3.63, 3.8) is 0 Å². The smallest absolute Gasteiger partial charge is 0.266 e. The first-order valence-corrected chi connectivity index (χ1v) is 10.2. The molecular formula is C16H15BrN2O3S2. The molecule has 1 N–H and O–H groups in total. The maximum atomic E-state index is 13.0. The molecule has 0 atom stereocenters. The van der Waals surface area contributed by atoms with Gasteiger partial charge in [-0.2, -0.15) is 0 Å². The van der Waals surface area contributed by atoms with E-state index in [4.69, 9.17) is 4.52 Å². The molecule has 0 aliphatic heterocycles. The number of aromatic nitrogens is 1. The molecule has 5 nitrogen and oxygen atoms in total. The lowest BCUT2D eigenvalue weighted by molar-refractivity contribution is 0.430. The van der Waals surface area contributed by atoms with Gasteiger partial charge in [-0.15, -0.1) is 11.3 Å². The van der Waals surface area contributed by atoms with Crippen LogP contribution in [0.1, 0.15) is 15.4 Å². The highest BCUT2D eigenvalue weighted by Crippen LogP contribution is 2.40. The second-order valence-electron chi connectivity index (χ2n) is 5.30. The predicted octanol–water partition coefficient (Wildman–Crippen LogP) is 4.89. The van der Waals surface area contributed by atoms with E-state index < -0.39 is 10.0 Å². The van der Waals surface area contributed by atoms with Gasteiger partial charge in [-0.3, -0.25) is 0 Å². The zero-order valence-electron chi connectivity index (χ0n) is 13.3. The van der Waals surface area contributed by atoms with Crippen molar-refractivity contribution < 1.29 is 12.9 Å². The Balaban J connectivity index is 2.14. The Labute approximate surface area is 152 Å². The molecule has 0 bridgehead atoms. The first kappa shape index (κ1) is 17.2. The van der Waals surface area contributed by atoms with Crippen LogP contribution in [-0.4, -0.2) is 13.6 Å². The van der Waals surface area contributed by atoms with Crippen molar-refractivity contribution >= 4 is 43.2 Å². The van der Waals surface area contributed by atoms with Crippen molar-refractivity contribution in [1.29, 1.82) is 0 Å². The SMILES string of the molecule is Cc1noc(NS(=O)(=O)c2c(C)sc(C)c2-c2ccccc2)c1Br. The molecular weight excluding hydrogens is 412 g/mol. The van der Waals surface area contributed by atoms with Crippen LogP contribution in [0, 0.1) is 20.8 Å². The van der Waals surface area contributed by atoms with Gasteiger partial charge in [0.2, 0.25) is 0 Å².